The molecular weight excluding hydrogens is 270 g/mol. The summed E-state index contributed by atoms with van der Waals surface area (Å²) in [6, 6.07) is 0.853. The third-order valence-corrected chi connectivity index (χ3v) is 3.15. The molecule has 0 bridgehead atoms. The summed E-state index contributed by atoms with van der Waals surface area (Å²) in [4.78, 5) is 23.4. The maximum absolute atomic E-state index is 13.2. The summed E-state index contributed by atoms with van der Waals surface area (Å²) in [5, 5.41) is 10.9. The number of hydrogen-bond acceptors (Lipinski definition) is 3. The SMILES string of the molecule is CCCC(C)N(C)C(=O)c1cc(F)c(F)cc1[N+](=O)[O-]. The molecule has 1 aromatic carbocycles. The van der Waals surface area contributed by atoms with Gasteiger partial charge in [-0.1, -0.05) is 13.3 Å². The maximum atomic E-state index is 13.2. The fourth-order valence-electron chi connectivity index (χ4n) is 1.86. The summed E-state index contributed by atoms with van der Waals surface area (Å²) >= 11 is 0. The summed E-state index contributed by atoms with van der Waals surface area (Å²) in [6.07, 6.45) is 1.54. The van der Waals surface area contributed by atoms with Crippen LogP contribution in [0.5, 0.6) is 0 Å². The first kappa shape index (κ1) is 16.0. The molecule has 0 saturated heterocycles. The van der Waals surface area contributed by atoms with Gasteiger partial charge in [-0.25, -0.2) is 8.78 Å². The third-order valence-electron chi connectivity index (χ3n) is 3.15. The highest BCUT2D eigenvalue weighted by atomic mass is 19.2. The Morgan fingerprint density at radius 1 is 1.40 bits per heavy atom. The molecular formula is C13H16F2N2O3. The molecule has 1 amide bonds. The van der Waals surface area contributed by atoms with E-state index < -0.39 is 33.7 Å². The van der Waals surface area contributed by atoms with Gasteiger partial charge < -0.3 is 4.90 Å². The molecule has 7 heteroatoms. The first-order valence-corrected chi connectivity index (χ1v) is 6.20. The van der Waals surface area contributed by atoms with Crippen LogP contribution in [-0.4, -0.2) is 28.8 Å². The normalized spacial score (nSPS) is 12.1. The number of nitrogens with zero attached hydrogens (tertiary/aromatic N) is 2. The number of hydrogen-bond donors (Lipinski definition) is 0. The molecule has 0 aliphatic carbocycles. The van der Waals surface area contributed by atoms with Gasteiger partial charge in [0.1, 0.15) is 5.56 Å². The van der Waals surface area contributed by atoms with Gasteiger partial charge in [0.2, 0.25) is 0 Å². The predicted octanol–water partition coefficient (Wildman–Crippen LogP) is 3.13. The molecule has 1 rings (SSSR count). The fraction of sp³-hybridized carbons (Fsp3) is 0.462. The van der Waals surface area contributed by atoms with Crippen LogP contribution in [0, 0.1) is 21.7 Å². The van der Waals surface area contributed by atoms with E-state index in [9.17, 15) is 23.7 Å². The van der Waals surface area contributed by atoms with Crippen molar-refractivity contribution < 1.29 is 18.5 Å². The summed E-state index contributed by atoms with van der Waals surface area (Å²) < 4.78 is 26.3. The van der Waals surface area contributed by atoms with E-state index in [-0.39, 0.29) is 6.04 Å². The molecule has 0 spiro atoms. The van der Waals surface area contributed by atoms with Gasteiger partial charge in [0, 0.05) is 13.1 Å². The number of nitro groups is 1. The van der Waals surface area contributed by atoms with Gasteiger partial charge in [-0.15, -0.1) is 0 Å². The summed E-state index contributed by atoms with van der Waals surface area (Å²) in [7, 11) is 1.48. The molecule has 0 heterocycles. The Morgan fingerprint density at radius 2 is 1.95 bits per heavy atom. The number of rotatable bonds is 5. The second-order valence-electron chi connectivity index (χ2n) is 4.59. The van der Waals surface area contributed by atoms with E-state index in [1.807, 2.05) is 6.92 Å². The van der Waals surface area contributed by atoms with Crippen LogP contribution in [0.1, 0.15) is 37.0 Å². The Kier molecular flexibility index (Phi) is 5.12. The van der Waals surface area contributed by atoms with Crippen molar-refractivity contribution in [3.63, 3.8) is 0 Å². The standard InChI is InChI=1S/C13H16F2N2O3/c1-4-5-8(2)16(3)13(18)9-6-10(14)11(15)7-12(9)17(19)20/h6-8H,4-5H2,1-3H3. The number of amides is 1. The summed E-state index contributed by atoms with van der Waals surface area (Å²) in [6.45, 7) is 3.72. The van der Waals surface area contributed by atoms with Gasteiger partial charge in [0.15, 0.2) is 11.6 Å². The van der Waals surface area contributed by atoms with Crippen molar-refractivity contribution in [2.24, 2.45) is 0 Å². The molecule has 20 heavy (non-hydrogen) atoms. The average molecular weight is 286 g/mol. The van der Waals surface area contributed by atoms with E-state index in [4.69, 9.17) is 0 Å². The lowest BCUT2D eigenvalue weighted by atomic mass is 10.1. The predicted molar refractivity (Wildman–Crippen MR) is 69.5 cm³/mol. The van der Waals surface area contributed by atoms with E-state index >= 15 is 0 Å². The van der Waals surface area contributed by atoms with E-state index in [0.29, 0.717) is 18.6 Å². The summed E-state index contributed by atoms with van der Waals surface area (Å²) in [5.41, 5.74) is -1.18. The Bertz CT molecular complexity index is 535. The highest BCUT2D eigenvalue weighted by Gasteiger charge is 2.27. The van der Waals surface area contributed by atoms with Crippen LogP contribution < -0.4 is 0 Å². The van der Waals surface area contributed by atoms with Crippen molar-refractivity contribution in [3.8, 4) is 0 Å². The van der Waals surface area contributed by atoms with Crippen LogP contribution in [-0.2, 0) is 0 Å². The average Bonchev–Trinajstić information content (AvgIpc) is 2.39. The van der Waals surface area contributed by atoms with Gasteiger partial charge in [-0.2, -0.15) is 0 Å². The lowest BCUT2D eigenvalue weighted by Crippen LogP contribution is -2.35. The minimum absolute atomic E-state index is 0.153. The molecule has 0 aliphatic heterocycles. The van der Waals surface area contributed by atoms with Crippen LogP contribution >= 0.6 is 0 Å². The monoisotopic (exact) mass is 286 g/mol. The smallest absolute Gasteiger partial charge is 0.285 e. The van der Waals surface area contributed by atoms with Crippen molar-refractivity contribution in [1.82, 2.24) is 4.90 Å². The van der Waals surface area contributed by atoms with Gasteiger partial charge in [-0.05, 0) is 19.4 Å². The topological polar surface area (TPSA) is 63.5 Å². The zero-order chi connectivity index (χ0) is 15.4. The Hall–Kier alpha value is -2.05. The molecule has 0 saturated carbocycles. The van der Waals surface area contributed by atoms with E-state index in [2.05, 4.69) is 0 Å². The molecule has 0 aliphatic rings. The van der Waals surface area contributed by atoms with E-state index in [0.717, 1.165) is 6.42 Å². The van der Waals surface area contributed by atoms with Gasteiger partial charge in [-0.3, -0.25) is 14.9 Å². The molecule has 0 fully saturated rings. The number of halogens is 2. The quantitative estimate of drug-likeness (QED) is 0.617. The number of carbonyl (C=O) groups excluding carboxylic acids is 1. The van der Waals surface area contributed by atoms with E-state index in [1.165, 1.54) is 11.9 Å². The largest absolute Gasteiger partial charge is 0.339 e. The Labute approximate surface area is 115 Å². The van der Waals surface area contributed by atoms with Crippen molar-refractivity contribution in [3.05, 3.63) is 39.4 Å². The fourth-order valence-corrected chi connectivity index (χ4v) is 1.86. The Morgan fingerprint density at radius 3 is 2.45 bits per heavy atom. The second-order valence-corrected chi connectivity index (χ2v) is 4.59. The van der Waals surface area contributed by atoms with Crippen LogP contribution in [0.4, 0.5) is 14.5 Å². The minimum Gasteiger partial charge on any atom is -0.339 e. The number of carbonyl (C=O) groups is 1. The lowest BCUT2D eigenvalue weighted by molar-refractivity contribution is -0.385. The number of benzene rings is 1. The highest BCUT2D eigenvalue weighted by Crippen LogP contribution is 2.24. The molecule has 1 atom stereocenters. The zero-order valence-electron chi connectivity index (χ0n) is 11.5. The van der Waals surface area contributed by atoms with Crippen LogP contribution in [0.15, 0.2) is 12.1 Å². The van der Waals surface area contributed by atoms with E-state index in [1.54, 1.807) is 6.92 Å². The lowest BCUT2D eigenvalue weighted by Gasteiger charge is -2.24. The first-order valence-electron chi connectivity index (χ1n) is 6.20. The summed E-state index contributed by atoms with van der Waals surface area (Å²) in [5.74, 6) is -3.33. The molecule has 1 aromatic rings. The van der Waals surface area contributed by atoms with Crippen molar-refractivity contribution in [2.75, 3.05) is 7.05 Å². The molecule has 0 aromatic heterocycles. The molecule has 1 unspecified atom stereocenters. The minimum atomic E-state index is -1.35. The molecule has 0 radical (unpaired) electrons. The van der Waals surface area contributed by atoms with Gasteiger partial charge in [0.05, 0.1) is 11.0 Å². The Balaban J connectivity index is 3.21. The van der Waals surface area contributed by atoms with Crippen molar-refractivity contribution in [1.29, 1.82) is 0 Å². The van der Waals surface area contributed by atoms with Crippen LogP contribution in [0.3, 0.4) is 0 Å². The zero-order valence-corrected chi connectivity index (χ0v) is 11.5. The first-order chi connectivity index (χ1) is 9.29. The van der Waals surface area contributed by atoms with Gasteiger partial charge in [0.25, 0.3) is 11.6 Å². The second kappa shape index (κ2) is 6.40. The molecule has 5 nitrogen and oxygen atoms in total. The van der Waals surface area contributed by atoms with Crippen LogP contribution in [0.2, 0.25) is 0 Å². The molecule has 110 valence electrons. The third kappa shape index (κ3) is 3.28. The van der Waals surface area contributed by atoms with Gasteiger partial charge >= 0.3 is 0 Å². The van der Waals surface area contributed by atoms with Crippen molar-refractivity contribution >= 4 is 11.6 Å². The number of nitro benzene ring substituents is 1. The maximum Gasteiger partial charge on any atom is 0.285 e. The molecule has 0 N–H and O–H groups in total. The van der Waals surface area contributed by atoms with Crippen LogP contribution in [0.25, 0.3) is 0 Å². The highest BCUT2D eigenvalue weighted by molar-refractivity contribution is 5.98. The van der Waals surface area contributed by atoms with Crippen molar-refractivity contribution in [2.45, 2.75) is 32.7 Å².